The minimum atomic E-state index is -0.362. The molecule has 0 aliphatic rings. The average Bonchev–Trinajstić information content (AvgIpc) is 3.17. The Balaban J connectivity index is 1.70. The van der Waals surface area contributed by atoms with E-state index in [9.17, 15) is 4.79 Å². The smallest absolute Gasteiger partial charge is 0.238 e. The van der Waals surface area contributed by atoms with Gasteiger partial charge >= 0.3 is 0 Å². The highest BCUT2D eigenvalue weighted by Crippen LogP contribution is 2.24. The Hall–Kier alpha value is -2.61. The maximum absolute atomic E-state index is 12.2. The zero-order valence-corrected chi connectivity index (χ0v) is 13.4. The van der Waals surface area contributed by atoms with Crippen molar-refractivity contribution in [2.24, 2.45) is 0 Å². The van der Waals surface area contributed by atoms with Crippen molar-refractivity contribution in [3.8, 4) is 5.69 Å². The lowest BCUT2D eigenvalue weighted by molar-refractivity contribution is -0.115. The van der Waals surface area contributed by atoms with E-state index in [2.05, 4.69) is 20.7 Å². The fourth-order valence-corrected chi connectivity index (χ4v) is 2.78. The monoisotopic (exact) mass is 329 g/mol. The Morgan fingerprint density at radius 3 is 2.83 bits per heavy atom. The maximum atomic E-state index is 12.2. The van der Waals surface area contributed by atoms with E-state index in [1.165, 1.54) is 11.8 Å². The molecule has 1 amide bonds. The predicted molar refractivity (Wildman–Crippen MR) is 86.5 cm³/mol. The summed E-state index contributed by atoms with van der Waals surface area (Å²) in [6.07, 6.45) is 1.63. The first-order chi connectivity index (χ1) is 11.1. The number of nitrogens with one attached hydrogen (secondary N) is 1. The number of anilines is 1. The highest BCUT2D eigenvalue weighted by molar-refractivity contribution is 8.00. The van der Waals surface area contributed by atoms with Crippen LogP contribution in [-0.2, 0) is 4.79 Å². The molecule has 0 saturated carbocycles. The second-order valence-corrected chi connectivity index (χ2v) is 6.20. The van der Waals surface area contributed by atoms with Crippen LogP contribution in [0.2, 0.25) is 0 Å². The number of aromatic nitrogens is 4. The number of aryl methyl sites for hydroxylation is 1. The normalized spacial score (nSPS) is 12.1. The number of hydrogen-bond acceptors (Lipinski definition) is 6. The van der Waals surface area contributed by atoms with Gasteiger partial charge < -0.3 is 9.84 Å². The summed E-state index contributed by atoms with van der Waals surface area (Å²) in [7, 11) is 0. The number of para-hydroxylation sites is 1. The zero-order chi connectivity index (χ0) is 16.2. The first-order valence-electron chi connectivity index (χ1n) is 7.00. The van der Waals surface area contributed by atoms with Crippen LogP contribution in [0, 0.1) is 6.92 Å². The highest BCUT2D eigenvalue weighted by Gasteiger charge is 2.19. The van der Waals surface area contributed by atoms with Gasteiger partial charge in [0.15, 0.2) is 11.0 Å². The lowest BCUT2D eigenvalue weighted by atomic mass is 10.3. The molecule has 1 N–H and O–H groups in total. The minimum absolute atomic E-state index is 0.175. The van der Waals surface area contributed by atoms with Crippen LogP contribution in [0.1, 0.15) is 12.7 Å². The van der Waals surface area contributed by atoms with Crippen LogP contribution in [0.25, 0.3) is 5.69 Å². The first-order valence-corrected chi connectivity index (χ1v) is 7.88. The summed E-state index contributed by atoms with van der Waals surface area (Å²) in [5.74, 6) is 0.875. The van der Waals surface area contributed by atoms with Gasteiger partial charge in [-0.05, 0) is 26.0 Å². The van der Waals surface area contributed by atoms with Crippen molar-refractivity contribution in [3.05, 3.63) is 48.5 Å². The fraction of sp³-hybridized carbons (Fsp3) is 0.200. The van der Waals surface area contributed by atoms with Gasteiger partial charge in [-0.2, -0.15) is 0 Å². The van der Waals surface area contributed by atoms with Crippen molar-refractivity contribution in [1.29, 1.82) is 0 Å². The third kappa shape index (κ3) is 3.59. The molecule has 0 radical (unpaired) electrons. The number of carbonyl (C=O) groups excluding carboxylic acids is 1. The van der Waals surface area contributed by atoms with Crippen molar-refractivity contribution < 1.29 is 9.32 Å². The molecule has 1 aromatic carbocycles. The van der Waals surface area contributed by atoms with Gasteiger partial charge in [0.2, 0.25) is 5.91 Å². The molecule has 0 fully saturated rings. The summed E-state index contributed by atoms with van der Waals surface area (Å²) in [4.78, 5) is 12.2. The second kappa shape index (κ2) is 6.66. The molecule has 0 unspecified atom stereocenters. The number of thioether (sulfide) groups is 1. The van der Waals surface area contributed by atoms with Crippen LogP contribution in [-0.4, -0.2) is 31.1 Å². The lowest BCUT2D eigenvalue weighted by Crippen LogP contribution is -2.23. The molecule has 1 atom stereocenters. The Kier molecular flexibility index (Phi) is 4.42. The molecule has 118 valence electrons. The Labute approximate surface area is 137 Å². The van der Waals surface area contributed by atoms with E-state index in [0.717, 1.165) is 5.69 Å². The van der Waals surface area contributed by atoms with Gasteiger partial charge in [-0.1, -0.05) is 35.1 Å². The van der Waals surface area contributed by atoms with E-state index in [-0.39, 0.29) is 11.2 Å². The number of hydrogen-bond donors (Lipinski definition) is 1. The number of nitrogens with zero attached hydrogens (tertiary/aromatic N) is 4. The first kappa shape index (κ1) is 15.3. The summed E-state index contributed by atoms with van der Waals surface area (Å²) in [6.45, 7) is 3.57. The molecule has 2 heterocycles. The van der Waals surface area contributed by atoms with E-state index in [4.69, 9.17) is 4.52 Å². The molecule has 3 rings (SSSR count). The van der Waals surface area contributed by atoms with Gasteiger partial charge in [0.25, 0.3) is 0 Å². The summed E-state index contributed by atoms with van der Waals surface area (Å²) in [5, 5.41) is 14.8. The number of rotatable bonds is 5. The predicted octanol–water partition coefficient (Wildman–Crippen LogP) is 2.68. The van der Waals surface area contributed by atoms with Gasteiger partial charge in [0.05, 0.1) is 5.25 Å². The van der Waals surface area contributed by atoms with Crippen molar-refractivity contribution in [3.63, 3.8) is 0 Å². The number of amides is 1. The third-order valence-electron chi connectivity index (χ3n) is 3.08. The van der Waals surface area contributed by atoms with E-state index in [0.29, 0.717) is 16.7 Å². The summed E-state index contributed by atoms with van der Waals surface area (Å²) >= 11 is 1.32. The van der Waals surface area contributed by atoms with Crippen molar-refractivity contribution in [2.75, 3.05) is 5.32 Å². The van der Waals surface area contributed by atoms with Crippen molar-refractivity contribution in [1.82, 2.24) is 19.9 Å². The van der Waals surface area contributed by atoms with Gasteiger partial charge in [0, 0.05) is 11.8 Å². The SMILES string of the molecule is Cc1cc(NC(=O)[C@H](C)Sc2nncn2-c2ccccc2)no1. The molecule has 2 aromatic heterocycles. The Bertz CT molecular complexity index is 799. The minimum Gasteiger partial charge on any atom is -0.360 e. The molecular formula is C15H15N5O2S. The van der Waals surface area contributed by atoms with E-state index in [1.54, 1.807) is 26.2 Å². The molecule has 3 aromatic rings. The Morgan fingerprint density at radius 1 is 1.35 bits per heavy atom. The highest BCUT2D eigenvalue weighted by atomic mass is 32.2. The van der Waals surface area contributed by atoms with Gasteiger partial charge in [-0.15, -0.1) is 10.2 Å². The largest absolute Gasteiger partial charge is 0.360 e. The van der Waals surface area contributed by atoms with Gasteiger partial charge in [-0.3, -0.25) is 9.36 Å². The van der Waals surface area contributed by atoms with Crippen molar-refractivity contribution >= 4 is 23.5 Å². The molecule has 0 aliphatic carbocycles. The number of benzene rings is 1. The molecule has 0 saturated heterocycles. The topological polar surface area (TPSA) is 85.8 Å². The van der Waals surface area contributed by atoms with Crippen LogP contribution < -0.4 is 5.32 Å². The Morgan fingerprint density at radius 2 is 2.13 bits per heavy atom. The van der Waals surface area contributed by atoms with E-state index in [1.807, 2.05) is 34.9 Å². The van der Waals surface area contributed by atoms with Gasteiger partial charge in [-0.25, -0.2) is 0 Å². The summed E-state index contributed by atoms with van der Waals surface area (Å²) in [5.41, 5.74) is 0.944. The lowest BCUT2D eigenvalue weighted by Gasteiger charge is -2.11. The molecule has 23 heavy (non-hydrogen) atoms. The van der Waals surface area contributed by atoms with Crippen LogP contribution in [0.15, 0.2) is 52.4 Å². The van der Waals surface area contributed by atoms with E-state index >= 15 is 0 Å². The molecule has 0 aliphatic heterocycles. The van der Waals surface area contributed by atoms with Crippen LogP contribution in [0.3, 0.4) is 0 Å². The molecule has 7 nitrogen and oxygen atoms in total. The molecule has 0 bridgehead atoms. The second-order valence-electron chi connectivity index (χ2n) is 4.89. The summed E-state index contributed by atoms with van der Waals surface area (Å²) in [6, 6.07) is 11.4. The van der Waals surface area contributed by atoms with Crippen LogP contribution in [0.5, 0.6) is 0 Å². The molecule has 8 heteroatoms. The van der Waals surface area contributed by atoms with Crippen molar-refractivity contribution in [2.45, 2.75) is 24.3 Å². The quantitative estimate of drug-likeness (QED) is 0.724. The van der Waals surface area contributed by atoms with Crippen LogP contribution in [0.4, 0.5) is 5.82 Å². The summed E-state index contributed by atoms with van der Waals surface area (Å²) < 4.78 is 6.77. The fourth-order valence-electron chi connectivity index (χ4n) is 1.94. The van der Waals surface area contributed by atoms with Gasteiger partial charge in [0.1, 0.15) is 12.1 Å². The molecular weight excluding hydrogens is 314 g/mol. The standard InChI is InChI=1S/C15H15N5O2S/c1-10-8-13(19-22-10)17-14(21)11(2)23-15-18-16-9-20(15)12-6-4-3-5-7-12/h3-9,11H,1-2H3,(H,17,19,21)/t11-/m0/s1. The average molecular weight is 329 g/mol. The third-order valence-corrected chi connectivity index (χ3v) is 4.14. The molecule has 0 spiro atoms. The zero-order valence-electron chi connectivity index (χ0n) is 12.6. The maximum Gasteiger partial charge on any atom is 0.238 e. The van der Waals surface area contributed by atoms with E-state index < -0.39 is 0 Å². The number of carbonyl (C=O) groups is 1. The van der Waals surface area contributed by atoms with Crippen LogP contribution >= 0.6 is 11.8 Å².